The van der Waals surface area contributed by atoms with Gasteiger partial charge in [-0.15, -0.1) is 0 Å². The van der Waals surface area contributed by atoms with Crippen molar-refractivity contribution in [2.24, 2.45) is 5.92 Å². The predicted molar refractivity (Wildman–Crippen MR) is 59.5 cm³/mol. The van der Waals surface area contributed by atoms with E-state index in [0.29, 0.717) is 6.04 Å². The number of aryl methyl sites for hydroxylation is 1. The van der Waals surface area contributed by atoms with E-state index in [1.165, 1.54) is 19.3 Å². The maximum atomic E-state index is 5.55. The van der Waals surface area contributed by atoms with Gasteiger partial charge >= 0.3 is 0 Å². The Morgan fingerprint density at radius 2 is 2.33 bits per heavy atom. The molecule has 0 spiro atoms. The normalized spacial score (nSPS) is 18.0. The lowest BCUT2D eigenvalue weighted by atomic mass is 10.1. The number of oxazole rings is 1. The van der Waals surface area contributed by atoms with Gasteiger partial charge in [-0.2, -0.15) is 0 Å². The topological polar surface area (TPSA) is 38.1 Å². The Labute approximate surface area is 91.3 Å². The second-order valence-electron chi connectivity index (χ2n) is 4.31. The molecule has 0 radical (unpaired) electrons. The summed E-state index contributed by atoms with van der Waals surface area (Å²) in [5.41, 5.74) is 0. The largest absolute Gasteiger partial charge is 0.444 e. The van der Waals surface area contributed by atoms with E-state index < -0.39 is 0 Å². The number of nitrogens with one attached hydrogen (secondary N) is 1. The van der Waals surface area contributed by atoms with Gasteiger partial charge in [0, 0.05) is 12.5 Å². The molecule has 0 saturated heterocycles. The van der Waals surface area contributed by atoms with Crippen LogP contribution < -0.4 is 5.32 Å². The number of hydrogen-bond acceptors (Lipinski definition) is 3. The van der Waals surface area contributed by atoms with Crippen LogP contribution in [0.3, 0.4) is 0 Å². The van der Waals surface area contributed by atoms with Crippen molar-refractivity contribution < 1.29 is 4.42 Å². The van der Waals surface area contributed by atoms with Crippen molar-refractivity contribution >= 4 is 0 Å². The second-order valence-corrected chi connectivity index (χ2v) is 4.31. The smallest absolute Gasteiger partial charge is 0.208 e. The fourth-order valence-electron chi connectivity index (χ4n) is 1.95. The van der Waals surface area contributed by atoms with Gasteiger partial charge in [-0.05, 0) is 25.2 Å². The fraction of sp³-hybridized carbons (Fsp3) is 0.750. The Kier molecular flexibility index (Phi) is 3.41. The van der Waals surface area contributed by atoms with Crippen molar-refractivity contribution in [1.82, 2.24) is 10.3 Å². The highest BCUT2D eigenvalue weighted by atomic mass is 16.4. The van der Waals surface area contributed by atoms with E-state index in [1.54, 1.807) is 0 Å². The zero-order valence-corrected chi connectivity index (χ0v) is 9.62. The molecule has 1 fully saturated rings. The van der Waals surface area contributed by atoms with E-state index in [9.17, 15) is 0 Å². The third-order valence-corrected chi connectivity index (χ3v) is 3.10. The molecule has 0 amide bonds. The van der Waals surface area contributed by atoms with Gasteiger partial charge in [-0.1, -0.05) is 13.8 Å². The molecule has 1 unspecified atom stereocenters. The van der Waals surface area contributed by atoms with Crippen LogP contribution in [0, 0.1) is 5.92 Å². The van der Waals surface area contributed by atoms with Crippen LogP contribution in [0.2, 0.25) is 0 Å². The second kappa shape index (κ2) is 4.79. The van der Waals surface area contributed by atoms with Crippen molar-refractivity contribution in [2.75, 3.05) is 0 Å². The van der Waals surface area contributed by atoms with E-state index in [-0.39, 0.29) is 0 Å². The van der Waals surface area contributed by atoms with E-state index in [0.717, 1.165) is 30.5 Å². The van der Waals surface area contributed by atoms with Crippen molar-refractivity contribution in [1.29, 1.82) is 0 Å². The van der Waals surface area contributed by atoms with Crippen LogP contribution >= 0.6 is 0 Å². The monoisotopic (exact) mass is 208 g/mol. The van der Waals surface area contributed by atoms with Crippen LogP contribution in [-0.4, -0.2) is 11.0 Å². The lowest BCUT2D eigenvalue weighted by Gasteiger charge is -2.14. The maximum Gasteiger partial charge on any atom is 0.208 e. The molecule has 84 valence electrons. The molecule has 1 heterocycles. The van der Waals surface area contributed by atoms with E-state index >= 15 is 0 Å². The van der Waals surface area contributed by atoms with Crippen molar-refractivity contribution in [2.45, 2.75) is 52.1 Å². The third-order valence-electron chi connectivity index (χ3n) is 3.10. The minimum atomic E-state index is 0.655. The SMILES string of the molecule is CCc1cnc(CNC(CC)C2CC2)o1. The molecule has 1 N–H and O–H groups in total. The molecular weight excluding hydrogens is 188 g/mol. The zero-order valence-electron chi connectivity index (χ0n) is 9.62. The van der Waals surface area contributed by atoms with Gasteiger partial charge in [0.15, 0.2) is 0 Å². The zero-order chi connectivity index (χ0) is 10.7. The van der Waals surface area contributed by atoms with Crippen LogP contribution in [0.1, 0.15) is 44.8 Å². The molecule has 0 aliphatic heterocycles. The summed E-state index contributed by atoms with van der Waals surface area (Å²) in [5.74, 6) is 2.70. The Balaban J connectivity index is 1.80. The summed E-state index contributed by atoms with van der Waals surface area (Å²) in [7, 11) is 0. The molecular formula is C12H20N2O. The van der Waals surface area contributed by atoms with Crippen LogP contribution in [0.4, 0.5) is 0 Å². The molecule has 1 aliphatic carbocycles. The molecule has 3 nitrogen and oxygen atoms in total. The van der Waals surface area contributed by atoms with Crippen molar-refractivity contribution in [3.63, 3.8) is 0 Å². The van der Waals surface area contributed by atoms with Gasteiger partial charge < -0.3 is 9.73 Å². The number of aromatic nitrogens is 1. The average molecular weight is 208 g/mol. The van der Waals surface area contributed by atoms with Crippen molar-refractivity contribution in [3.8, 4) is 0 Å². The maximum absolute atomic E-state index is 5.55. The predicted octanol–water partition coefficient (Wildman–Crippen LogP) is 2.52. The highest BCUT2D eigenvalue weighted by Crippen LogP contribution is 2.33. The van der Waals surface area contributed by atoms with Gasteiger partial charge in [0.1, 0.15) is 5.76 Å². The summed E-state index contributed by atoms with van der Waals surface area (Å²) in [5, 5.41) is 3.53. The summed E-state index contributed by atoms with van der Waals surface area (Å²) < 4.78 is 5.55. The standard InChI is InChI=1S/C12H20N2O/c1-3-10-7-14-12(15-10)8-13-11(4-2)9-5-6-9/h7,9,11,13H,3-6,8H2,1-2H3. The van der Waals surface area contributed by atoms with Crippen LogP contribution in [0.5, 0.6) is 0 Å². The lowest BCUT2D eigenvalue weighted by Crippen LogP contribution is -2.29. The van der Waals surface area contributed by atoms with Gasteiger partial charge in [0.05, 0.1) is 12.7 Å². The summed E-state index contributed by atoms with van der Waals surface area (Å²) >= 11 is 0. The van der Waals surface area contributed by atoms with Gasteiger partial charge in [0.25, 0.3) is 0 Å². The molecule has 2 rings (SSSR count). The van der Waals surface area contributed by atoms with Crippen LogP contribution in [-0.2, 0) is 13.0 Å². The fourth-order valence-corrected chi connectivity index (χ4v) is 1.95. The molecule has 0 bridgehead atoms. The molecule has 1 aromatic rings. The Morgan fingerprint density at radius 1 is 1.53 bits per heavy atom. The first-order chi connectivity index (χ1) is 7.33. The van der Waals surface area contributed by atoms with Crippen molar-refractivity contribution in [3.05, 3.63) is 17.8 Å². The van der Waals surface area contributed by atoms with E-state index in [1.807, 2.05) is 6.20 Å². The molecule has 1 aliphatic rings. The summed E-state index contributed by atoms with van der Waals surface area (Å²) in [6, 6.07) is 0.655. The number of nitrogens with zero attached hydrogens (tertiary/aromatic N) is 1. The van der Waals surface area contributed by atoms with Crippen LogP contribution in [0.15, 0.2) is 10.6 Å². The first-order valence-corrected chi connectivity index (χ1v) is 6.00. The first-order valence-electron chi connectivity index (χ1n) is 6.00. The minimum absolute atomic E-state index is 0.655. The highest BCUT2D eigenvalue weighted by molar-refractivity contribution is 4.94. The molecule has 1 atom stereocenters. The Hall–Kier alpha value is -0.830. The molecule has 0 aromatic carbocycles. The first kappa shape index (κ1) is 10.7. The van der Waals surface area contributed by atoms with Gasteiger partial charge in [-0.25, -0.2) is 4.98 Å². The molecule has 1 saturated carbocycles. The lowest BCUT2D eigenvalue weighted by molar-refractivity contribution is 0.390. The minimum Gasteiger partial charge on any atom is -0.444 e. The average Bonchev–Trinajstić information content (AvgIpc) is 2.98. The quantitative estimate of drug-likeness (QED) is 0.780. The van der Waals surface area contributed by atoms with E-state index in [4.69, 9.17) is 4.42 Å². The van der Waals surface area contributed by atoms with Gasteiger partial charge in [0.2, 0.25) is 5.89 Å². The highest BCUT2D eigenvalue weighted by Gasteiger charge is 2.29. The van der Waals surface area contributed by atoms with E-state index in [2.05, 4.69) is 24.1 Å². The Bertz CT molecular complexity index is 304. The molecule has 15 heavy (non-hydrogen) atoms. The summed E-state index contributed by atoms with van der Waals surface area (Å²) in [4.78, 5) is 4.24. The summed E-state index contributed by atoms with van der Waals surface area (Å²) in [6.07, 6.45) is 6.72. The number of hydrogen-bond donors (Lipinski definition) is 1. The Morgan fingerprint density at radius 3 is 2.87 bits per heavy atom. The number of rotatable bonds is 6. The molecule has 3 heteroatoms. The van der Waals surface area contributed by atoms with Gasteiger partial charge in [-0.3, -0.25) is 0 Å². The summed E-state index contributed by atoms with van der Waals surface area (Å²) in [6.45, 7) is 5.09. The molecule has 1 aromatic heterocycles. The van der Waals surface area contributed by atoms with Crippen LogP contribution in [0.25, 0.3) is 0 Å². The third kappa shape index (κ3) is 2.81.